The van der Waals surface area contributed by atoms with E-state index in [0.717, 1.165) is 22.2 Å². The number of anilines is 1. The molecule has 96 valence electrons. The van der Waals surface area contributed by atoms with E-state index in [2.05, 4.69) is 17.2 Å². The maximum atomic E-state index is 5.46. The second-order valence-electron chi connectivity index (χ2n) is 4.41. The van der Waals surface area contributed by atoms with Crippen molar-refractivity contribution < 1.29 is 9.47 Å². The molecule has 2 aliphatic heterocycles. The Kier molecular flexibility index (Phi) is 3.54. The molecule has 5 heteroatoms. The van der Waals surface area contributed by atoms with Crippen molar-refractivity contribution in [1.29, 1.82) is 0 Å². The average molecular weight is 264 g/mol. The average Bonchev–Trinajstić information content (AvgIpc) is 3.02. The van der Waals surface area contributed by atoms with Crippen LogP contribution in [0.1, 0.15) is 18.8 Å². The topological polar surface area (TPSA) is 42.8 Å². The van der Waals surface area contributed by atoms with Crippen molar-refractivity contribution in [2.45, 2.75) is 19.3 Å². The normalized spacial score (nSPS) is 24.3. The number of ether oxygens (including phenoxy) is 2. The highest BCUT2D eigenvalue weighted by Gasteiger charge is 2.18. The molecule has 18 heavy (non-hydrogen) atoms. The van der Waals surface area contributed by atoms with Gasteiger partial charge in [0.2, 0.25) is 0 Å². The zero-order chi connectivity index (χ0) is 12.4. The molecular weight excluding hydrogens is 248 g/mol. The standard InChI is InChI=1S/C13H16N2O2S/c1-9-8-18-13(14-9)15-11-4-2-10(3-5-11)12-16-6-7-17-12/h2-5,9,12H,6-8H2,1H3,(H,14,15). The van der Waals surface area contributed by atoms with Gasteiger partial charge in [0.05, 0.1) is 19.3 Å². The maximum Gasteiger partial charge on any atom is 0.184 e. The third-order valence-corrected chi connectivity index (χ3v) is 3.98. The molecule has 0 saturated carbocycles. The Bertz CT molecular complexity index is 441. The summed E-state index contributed by atoms with van der Waals surface area (Å²) in [6, 6.07) is 8.54. The van der Waals surface area contributed by atoms with Gasteiger partial charge >= 0.3 is 0 Å². The van der Waals surface area contributed by atoms with Crippen molar-refractivity contribution in [3.05, 3.63) is 29.8 Å². The summed E-state index contributed by atoms with van der Waals surface area (Å²) < 4.78 is 10.9. The van der Waals surface area contributed by atoms with Crippen LogP contribution in [-0.4, -0.2) is 30.2 Å². The fourth-order valence-corrected chi connectivity index (χ4v) is 2.86. The fraction of sp³-hybridized carbons (Fsp3) is 0.462. The first-order chi connectivity index (χ1) is 8.81. The van der Waals surface area contributed by atoms with Crippen LogP contribution < -0.4 is 5.32 Å². The van der Waals surface area contributed by atoms with Crippen LogP contribution in [-0.2, 0) is 9.47 Å². The Morgan fingerprint density at radius 3 is 2.56 bits per heavy atom. The Morgan fingerprint density at radius 1 is 1.22 bits per heavy atom. The summed E-state index contributed by atoms with van der Waals surface area (Å²) in [7, 11) is 0. The lowest BCUT2D eigenvalue weighted by Crippen LogP contribution is -2.05. The van der Waals surface area contributed by atoms with Crippen molar-refractivity contribution in [1.82, 2.24) is 0 Å². The van der Waals surface area contributed by atoms with E-state index in [0.29, 0.717) is 19.3 Å². The summed E-state index contributed by atoms with van der Waals surface area (Å²) >= 11 is 1.76. The quantitative estimate of drug-likeness (QED) is 0.891. The minimum Gasteiger partial charge on any atom is -0.346 e. The van der Waals surface area contributed by atoms with E-state index >= 15 is 0 Å². The predicted octanol–water partition coefficient (Wildman–Crippen LogP) is 2.64. The molecule has 0 amide bonds. The number of aliphatic imine (C=N–C) groups is 1. The lowest BCUT2D eigenvalue weighted by Gasteiger charge is -2.10. The highest BCUT2D eigenvalue weighted by Crippen LogP contribution is 2.25. The van der Waals surface area contributed by atoms with Gasteiger partial charge in [-0.2, -0.15) is 0 Å². The van der Waals surface area contributed by atoms with E-state index in [9.17, 15) is 0 Å². The van der Waals surface area contributed by atoms with Gasteiger partial charge in [-0.3, -0.25) is 4.99 Å². The molecular formula is C13H16N2O2S. The Hall–Kier alpha value is -1.04. The number of amidine groups is 1. The molecule has 2 heterocycles. The van der Waals surface area contributed by atoms with Gasteiger partial charge in [-0.1, -0.05) is 23.9 Å². The number of benzene rings is 1. The minimum absolute atomic E-state index is 0.197. The molecule has 3 rings (SSSR count). The molecule has 0 radical (unpaired) electrons. The van der Waals surface area contributed by atoms with E-state index in [4.69, 9.17) is 9.47 Å². The van der Waals surface area contributed by atoms with Gasteiger partial charge in [0.1, 0.15) is 0 Å². The van der Waals surface area contributed by atoms with Gasteiger partial charge in [0, 0.05) is 17.0 Å². The smallest absolute Gasteiger partial charge is 0.184 e. The summed E-state index contributed by atoms with van der Waals surface area (Å²) in [5.74, 6) is 1.06. The van der Waals surface area contributed by atoms with Gasteiger partial charge < -0.3 is 14.8 Å². The number of thioether (sulfide) groups is 1. The van der Waals surface area contributed by atoms with Crippen LogP contribution in [0.25, 0.3) is 0 Å². The number of nitrogens with one attached hydrogen (secondary N) is 1. The summed E-state index contributed by atoms with van der Waals surface area (Å²) in [6.07, 6.45) is -0.197. The SMILES string of the molecule is CC1CSC(Nc2ccc(C3OCCO3)cc2)=N1. The summed E-state index contributed by atoms with van der Waals surface area (Å²) in [6.45, 7) is 3.48. The van der Waals surface area contributed by atoms with Crippen molar-refractivity contribution >= 4 is 22.6 Å². The third-order valence-electron chi connectivity index (χ3n) is 2.85. The number of rotatable bonds is 2. The van der Waals surface area contributed by atoms with Crippen LogP contribution in [0, 0.1) is 0 Å². The van der Waals surface area contributed by atoms with E-state index in [-0.39, 0.29) is 6.29 Å². The monoisotopic (exact) mass is 264 g/mol. The van der Waals surface area contributed by atoms with Crippen LogP contribution >= 0.6 is 11.8 Å². The van der Waals surface area contributed by atoms with E-state index < -0.39 is 0 Å². The van der Waals surface area contributed by atoms with Crippen molar-refractivity contribution in [2.24, 2.45) is 4.99 Å². The minimum atomic E-state index is -0.197. The van der Waals surface area contributed by atoms with Crippen LogP contribution in [0.2, 0.25) is 0 Å². The number of nitrogens with zero attached hydrogens (tertiary/aromatic N) is 1. The molecule has 4 nitrogen and oxygen atoms in total. The fourth-order valence-electron chi connectivity index (χ4n) is 1.94. The molecule has 1 aromatic carbocycles. The zero-order valence-electron chi connectivity index (χ0n) is 10.3. The number of hydrogen-bond acceptors (Lipinski definition) is 5. The van der Waals surface area contributed by atoms with Gasteiger partial charge in [-0.05, 0) is 19.1 Å². The Labute approximate surface area is 111 Å². The van der Waals surface area contributed by atoms with Gasteiger partial charge in [0.15, 0.2) is 11.5 Å². The van der Waals surface area contributed by atoms with Crippen LogP contribution in [0.5, 0.6) is 0 Å². The lowest BCUT2D eigenvalue weighted by atomic mass is 10.2. The Morgan fingerprint density at radius 2 is 1.94 bits per heavy atom. The summed E-state index contributed by atoms with van der Waals surface area (Å²) in [5, 5.41) is 4.32. The first-order valence-corrected chi connectivity index (χ1v) is 7.10. The molecule has 0 aliphatic carbocycles. The highest BCUT2D eigenvalue weighted by atomic mass is 32.2. The van der Waals surface area contributed by atoms with Gasteiger partial charge in [0.25, 0.3) is 0 Å². The van der Waals surface area contributed by atoms with Crippen molar-refractivity contribution in [2.75, 3.05) is 24.3 Å². The maximum absolute atomic E-state index is 5.46. The highest BCUT2D eigenvalue weighted by molar-refractivity contribution is 8.14. The summed E-state index contributed by atoms with van der Waals surface area (Å²) in [5.41, 5.74) is 2.12. The molecule has 1 saturated heterocycles. The predicted molar refractivity (Wildman–Crippen MR) is 74.1 cm³/mol. The van der Waals surface area contributed by atoms with Gasteiger partial charge in [-0.25, -0.2) is 0 Å². The first-order valence-electron chi connectivity index (χ1n) is 6.12. The van der Waals surface area contributed by atoms with Crippen LogP contribution in [0.3, 0.4) is 0 Å². The third kappa shape index (κ3) is 2.68. The summed E-state index contributed by atoms with van der Waals surface area (Å²) in [4.78, 5) is 4.50. The largest absolute Gasteiger partial charge is 0.346 e. The van der Waals surface area contributed by atoms with E-state index in [1.165, 1.54) is 0 Å². The molecule has 1 aromatic rings. The van der Waals surface area contributed by atoms with Crippen LogP contribution in [0.15, 0.2) is 29.3 Å². The van der Waals surface area contributed by atoms with Crippen molar-refractivity contribution in [3.63, 3.8) is 0 Å². The second kappa shape index (κ2) is 5.30. The second-order valence-corrected chi connectivity index (χ2v) is 5.42. The number of hydrogen-bond donors (Lipinski definition) is 1. The Balaban J connectivity index is 1.65. The molecule has 0 bridgehead atoms. The van der Waals surface area contributed by atoms with Crippen LogP contribution in [0.4, 0.5) is 5.69 Å². The molecule has 1 N–H and O–H groups in total. The zero-order valence-corrected chi connectivity index (χ0v) is 11.1. The molecule has 1 atom stereocenters. The first kappa shape index (κ1) is 12.0. The molecule has 2 aliphatic rings. The van der Waals surface area contributed by atoms with E-state index in [1.807, 2.05) is 24.3 Å². The molecule has 1 unspecified atom stereocenters. The van der Waals surface area contributed by atoms with Crippen molar-refractivity contribution in [3.8, 4) is 0 Å². The molecule has 0 aromatic heterocycles. The molecule has 0 spiro atoms. The van der Waals surface area contributed by atoms with Gasteiger partial charge in [-0.15, -0.1) is 0 Å². The lowest BCUT2D eigenvalue weighted by molar-refractivity contribution is -0.0441. The van der Waals surface area contributed by atoms with E-state index in [1.54, 1.807) is 11.8 Å². The molecule has 1 fully saturated rings.